The van der Waals surface area contributed by atoms with Gasteiger partial charge in [-0.25, -0.2) is 4.39 Å². The predicted molar refractivity (Wildman–Crippen MR) is 131 cm³/mol. The first-order valence-electron chi connectivity index (χ1n) is 12.9. The van der Waals surface area contributed by atoms with Gasteiger partial charge in [-0.2, -0.15) is 0 Å². The molecule has 1 aromatic carbocycles. The fourth-order valence-electron chi connectivity index (χ4n) is 5.81. The van der Waals surface area contributed by atoms with Crippen LogP contribution >= 0.6 is 7.60 Å². The molecule has 0 bridgehead atoms. The number of aliphatic hydroxyl groups is 1. The topological polar surface area (TPSA) is 55.8 Å². The zero-order valence-electron chi connectivity index (χ0n) is 21.2. The molecule has 0 amide bonds. The monoisotopic (exact) mass is 482 g/mol. The maximum Gasteiger partial charge on any atom is 0.363 e. The zero-order valence-corrected chi connectivity index (χ0v) is 22.1. The van der Waals surface area contributed by atoms with Gasteiger partial charge < -0.3 is 14.2 Å². The third-order valence-corrected chi connectivity index (χ3v) is 9.98. The van der Waals surface area contributed by atoms with Gasteiger partial charge in [-0.15, -0.1) is 0 Å². The van der Waals surface area contributed by atoms with E-state index in [1.54, 1.807) is 0 Å². The Kier molecular flexibility index (Phi) is 9.22. The Labute approximate surface area is 200 Å². The molecule has 0 aromatic heterocycles. The zero-order chi connectivity index (χ0) is 24.3. The highest BCUT2D eigenvalue weighted by molar-refractivity contribution is 7.54. The predicted octanol–water partition coefficient (Wildman–Crippen LogP) is 7.96. The normalized spacial score (nSPS) is 33.8. The fourth-order valence-corrected chi connectivity index (χ4v) is 7.86. The van der Waals surface area contributed by atoms with Gasteiger partial charge in [0.25, 0.3) is 0 Å². The van der Waals surface area contributed by atoms with Gasteiger partial charge in [-0.1, -0.05) is 66.5 Å². The van der Waals surface area contributed by atoms with Gasteiger partial charge in [-0.3, -0.25) is 4.57 Å². The summed E-state index contributed by atoms with van der Waals surface area (Å²) >= 11 is 0. The molecule has 8 atom stereocenters. The van der Waals surface area contributed by atoms with E-state index in [2.05, 4.69) is 41.5 Å². The van der Waals surface area contributed by atoms with E-state index in [1.807, 2.05) is 0 Å². The Morgan fingerprint density at radius 1 is 0.848 bits per heavy atom. The summed E-state index contributed by atoms with van der Waals surface area (Å²) in [4.78, 5) is 0. The number of rotatable bonds is 8. The van der Waals surface area contributed by atoms with Crippen LogP contribution in [0.5, 0.6) is 0 Å². The highest BCUT2D eigenvalue weighted by Gasteiger charge is 2.46. The van der Waals surface area contributed by atoms with Crippen molar-refractivity contribution in [2.24, 2.45) is 35.5 Å². The SMILES string of the molecule is CC(C)[C@H]1CC[C@@H](C)C[C@H]1OP(=O)(O[C@@H]1C[C@H](C)CC[C@H]1C(C)C)[C@H](O)c1ccc(F)cc1. The molecule has 4 nitrogen and oxygen atoms in total. The average Bonchev–Trinajstić information content (AvgIpc) is 2.73. The van der Waals surface area contributed by atoms with Crippen molar-refractivity contribution in [3.63, 3.8) is 0 Å². The van der Waals surface area contributed by atoms with Gasteiger partial charge in [-0.05, 0) is 78.9 Å². The Balaban J connectivity index is 1.94. The Morgan fingerprint density at radius 3 is 1.67 bits per heavy atom. The summed E-state index contributed by atoms with van der Waals surface area (Å²) in [7, 11) is -3.96. The number of aliphatic hydroxyl groups excluding tert-OH is 1. The first kappa shape index (κ1) is 26.9. The molecule has 1 aromatic rings. The number of hydrogen-bond acceptors (Lipinski definition) is 4. The number of benzene rings is 1. The lowest BCUT2D eigenvalue weighted by atomic mass is 9.75. The molecular formula is C27H44FO4P. The fraction of sp³-hybridized carbons (Fsp3) is 0.778. The van der Waals surface area contributed by atoms with E-state index in [4.69, 9.17) is 9.05 Å². The maximum atomic E-state index is 14.5. The second-order valence-corrected chi connectivity index (χ2v) is 13.4. The van der Waals surface area contributed by atoms with Crippen molar-refractivity contribution in [2.75, 3.05) is 0 Å². The Hall–Kier alpha value is -0.740. The summed E-state index contributed by atoms with van der Waals surface area (Å²) in [5, 5.41) is 11.3. The minimum Gasteiger partial charge on any atom is -0.376 e. The van der Waals surface area contributed by atoms with Gasteiger partial charge in [0, 0.05) is 0 Å². The van der Waals surface area contributed by atoms with Gasteiger partial charge in [0.05, 0.1) is 12.2 Å². The van der Waals surface area contributed by atoms with E-state index >= 15 is 0 Å². The van der Waals surface area contributed by atoms with Crippen LogP contribution in [0.2, 0.25) is 0 Å². The minimum atomic E-state index is -3.96. The third kappa shape index (κ3) is 6.69. The third-order valence-electron chi connectivity index (χ3n) is 7.95. The second kappa shape index (κ2) is 11.3. The van der Waals surface area contributed by atoms with Gasteiger partial charge >= 0.3 is 7.60 Å². The molecule has 6 heteroatoms. The first-order valence-corrected chi connectivity index (χ1v) is 14.5. The summed E-state index contributed by atoms with van der Waals surface area (Å²) in [5.74, 6) is 0.417. The molecule has 0 spiro atoms. The van der Waals surface area contributed by atoms with Crippen LogP contribution in [0.25, 0.3) is 0 Å². The molecule has 1 unspecified atom stereocenters. The molecular weight excluding hydrogens is 438 g/mol. The molecule has 2 aliphatic rings. The number of hydrogen-bond donors (Lipinski definition) is 1. The molecule has 3 rings (SSSR count). The van der Waals surface area contributed by atoms with Crippen molar-refractivity contribution in [3.05, 3.63) is 35.6 Å². The lowest BCUT2D eigenvalue weighted by Gasteiger charge is -2.42. The smallest absolute Gasteiger partial charge is 0.363 e. The highest BCUT2D eigenvalue weighted by atomic mass is 31.2. The summed E-state index contributed by atoms with van der Waals surface area (Å²) in [6.07, 6.45) is 5.45. The summed E-state index contributed by atoms with van der Waals surface area (Å²) < 4.78 is 40.9. The minimum absolute atomic E-state index is 0.229. The highest BCUT2D eigenvalue weighted by Crippen LogP contribution is 2.64. The average molecular weight is 483 g/mol. The van der Waals surface area contributed by atoms with Crippen LogP contribution in [0, 0.1) is 41.3 Å². The summed E-state index contributed by atoms with van der Waals surface area (Å²) in [5.41, 5.74) is 0.370. The first-order chi connectivity index (χ1) is 15.5. The van der Waals surface area contributed by atoms with Crippen LogP contribution in [0.15, 0.2) is 24.3 Å². The van der Waals surface area contributed by atoms with Gasteiger partial charge in [0.15, 0.2) is 5.85 Å². The van der Waals surface area contributed by atoms with Gasteiger partial charge in [0.2, 0.25) is 0 Å². The molecule has 2 aliphatic carbocycles. The molecule has 33 heavy (non-hydrogen) atoms. The molecule has 188 valence electrons. The quantitative estimate of drug-likeness (QED) is 0.382. The van der Waals surface area contributed by atoms with E-state index in [0.29, 0.717) is 29.2 Å². The molecule has 2 fully saturated rings. The standard InChI is InChI=1S/C27H44FO4P/c1-17(2)23-13-7-19(5)15-25(23)31-33(30,27(29)21-9-11-22(28)12-10-21)32-26-16-20(6)8-14-24(26)18(3)4/h9-12,17-20,23-27,29H,7-8,13-16H2,1-6H3/t19-,20-,23-,24+,25-,26-,27+,33?/m1/s1. The van der Waals surface area contributed by atoms with Crippen molar-refractivity contribution in [3.8, 4) is 0 Å². The number of halogens is 1. The van der Waals surface area contributed by atoms with Gasteiger partial charge in [0.1, 0.15) is 5.82 Å². The van der Waals surface area contributed by atoms with E-state index in [9.17, 15) is 14.1 Å². The van der Waals surface area contributed by atoms with Crippen molar-refractivity contribution < 1.29 is 23.1 Å². The molecule has 0 radical (unpaired) electrons. The Morgan fingerprint density at radius 2 is 1.27 bits per heavy atom. The van der Waals surface area contributed by atoms with Crippen LogP contribution in [0.1, 0.15) is 91.5 Å². The molecule has 1 N–H and O–H groups in total. The molecule has 0 saturated heterocycles. The maximum absolute atomic E-state index is 14.5. The lowest BCUT2D eigenvalue weighted by Crippen LogP contribution is -2.37. The summed E-state index contributed by atoms with van der Waals surface area (Å²) in [6, 6.07) is 5.52. The van der Waals surface area contributed by atoms with Crippen molar-refractivity contribution in [2.45, 2.75) is 98.1 Å². The Bertz CT molecular complexity index is 758. The van der Waals surface area contributed by atoms with Crippen LogP contribution < -0.4 is 0 Å². The molecule has 0 heterocycles. The molecule has 0 aliphatic heterocycles. The van der Waals surface area contributed by atoms with E-state index in [-0.39, 0.29) is 24.0 Å². The van der Waals surface area contributed by atoms with Crippen LogP contribution in [0.3, 0.4) is 0 Å². The van der Waals surface area contributed by atoms with E-state index in [1.165, 1.54) is 24.3 Å². The lowest BCUT2D eigenvalue weighted by molar-refractivity contribution is -0.0154. The van der Waals surface area contributed by atoms with Crippen molar-refractivity contribution in [1.29, 1.82) is 0 Å². The van der Waals surface area contributed by atoms with Crippen molar-refractivity contribution in [1.82, 2.24) is 0 Å². The van der Waals surface area contributed by atoms with E-state index in [0.717, 1.165) is 38.5 Å². The van der Waals surface area contributed by atoms with E-state index < -0.39 is 19.3 Å². The van der Waals surface area contributed by atoms with Crippen molar-refractivity contribution >= 4 is 7.60 Å². The molecule has 2 saturated carbocycles. The van der Waals surface area contributed by atoms with Crippen LogP contribution in [0.4, 0.5) is 4.39 Å². The summed E-state index contributed by atoms with van der Waals surface area (Å²) in [6.45, 7) is 13.1. The van der Waals surface area contributed by atoms with Crippen LogP contribution in [-0.2, 0) is 13.6 Å². The van der Waals surface area contributed by atoms with Crippen LogP contribution in [-0.4, -0.2) is 17.3 Å². The largest absolute Gasteiger partial charge is 0.376 e. The second-order valence-electron chi connectivity index (χ2n) is 11.4.